The lowest BCUT2D eigenvalue weighted by Gasteiger charge is -2.31. The minimum atomic E-state index is -0.733. The highest BCUT2D eigenvalue weighted by molar-refractivity contribution is 4.82. The van der Waals surface area contributed by atoms with E-state index in [-0.39, 0.29) is 18.4 Å². The van der Waals surface area contributed by atoms with Crippen LogP contribution < -0.4 is 5.32 Å². The van der Waals surface area contributed by atoms with Gasteiger partial charge < -0.3 is 10.4 Å². The zero-order chi connectivity index (χ0) is 8.27. The average Bonchev–Trinajstić information content (AvgIpc) is 1.99. The SMILES string of the molecule is C[C@H]1CNC[C@@H](CCO)[C@@H]1F. The van der Waals surface area contributed by atoms with Crippen LogP contribution in [0.3, 0.4) is 0 Å². The molecule has 0 aromatic carbocycles. The summed E-state index contributed by atoms with van der Waals surface area (Å²) in [5.74, 6) is 0.115. The molecule has 66 valence electrons. The first-order valence-corrected chi connectivity index (χ1v) is 4.21. The number of alkyl halides is 1. The van der Waals surface area contributed by atoms with Crippen LogP contribution in [0.1, 0.15) is 13.3 Å². The van der Waals surface area contributed by atoms with Gasteiger partial charge in [-0.25, -0.2) is 4.39 Å². The maximum atomic E-state index is 13.3. The highest BCUT2D eigenvalue weighted by Crippen LogP contribution is 2.22. The van der Waals surface area contributed by atoms with Gasteiger partial charge in [-0.2, -0.15) is 0 Å². The molecule has 0 spiro atoms. The Morgan fingerprint density at radius 3 is 2.91 bits per heavy atom. The Morgan fingerprint density at radius 2 is 2.27 bits per heavy atom. The van der Waals surface area contributed by atoms with Crippen molar-refractivity contribution < 1.29 is 9.50 Å². The van der Waals surface area contributed by atoms with Crippen LogP contribution in [0.25, 0.3) is 0 Å². The summed E-state index contributed by atoms with van der Waals surface area (Å²) in [5, 5.41) is 11.8. The fraction of sp³-hybridized carbons (Fsp3) is 1.00. The van der Waals surface area contributed by atoms with Gasteiger partial charge in [0.15, 0.2) is 0 Å². The van der Waals surface area contributed by atoms with E-state index in [1.807, 2.05) is 6.92 Å². The number of aliphatic hydroxyl groups excluding tert-OH is 1. The summed E-state index contributed by atoms with van der Waals surface area (Å²) in [6, 6.07) is 0. The molecule has 3 atom stereocenters. The normalized spacial score (nSPS) is 39.0. The Labute approximate surface area is 66.8 Å². The third-order valence-electron chi connectivity index (χ3n) is 2.37. The Hall–Kier alpha value is -0.150. The zero-order valence-corrected chi connectivity index (χ0v) is 6.89. The highest BCUT2D eigenvalue weighted by atomic mass is 19.1. The van der Waals surface area contributed by atoms with E-state index in [4.69, 9.17) is 5.11 Å². The van der Waals surface area contributed by atoms with E-state index in [9.17, 15) is 4.39 Å². The summed E-state index contributed by atoms with van der Waals surface area (Å²) in [6.45, 7) is 3.48. The third kappa shape index (κ3) is 2.14. The topological polar surface area (TPSA) is 32.3 Å². The average molecular weight is 161 g/mol. The monoisotopic (exact) mass is 161 g/mol. The maximum absolute atomic E-state index is 13.3. The van der Waals surface area contributed by atoms with Crippen LogP contribution in [0.15, 0.2) is 0 Å². The molecule has 0 aromatic heterocycles. The van der Waals surface area contributed by atoms with Crippen LogP contribution in [0, 0.1) is 11.8 Å². The number of halogens is 1. The smallest absolute Gasteiger partial charge is 0.108 e. The van der Waals surface area contributed by atoms with E-state index in [1.54, 1.807) is 0 Å². The van der Waals surface area contributed by atoms with E-state index >= 15 is 0 Å². The molecule has 3 heteroatoms. The maximum Gasteiger partial charge on any atom is 0.108 e. The number of hydrogen-bond donors (Lipinski definition) is 2. The fourth-order valence-electron chi connectivity index (χ4n) is 1.61. The molecule has 2 nitrogen and oxygen atoms in total. The molecule has 1 rings (SSSR count). The van der Waals surface area contributed by atoms with Crippen LogP contribution >= 0.6 is 0 Å². The molecule has 0 aromatic rings. The van der Waals surface area contributed by atoms with Crippen molar-refractivity contribution >= 4 is 0 Å². The molecule has 0 saturated carbocycles. The summed E-state index contributed by atoms with van der Waals surface area (Å²) >= 11 is 0. The lowest BCUT2D eigenvalue weighted by molar-refractivity contribution is 0.0999. The summed E-state index contributed by atoms with van der Waals surface area (Å²) in [7, 11) is 0. The van der Waals surface area contributed by atoms with Gasteiger partial charge in [-0.05, 0) is 6.42 Å². The first kappa shape index (κ1) is 8.94. The van der Waals surface area contributed by atoms with Gasteiger partial charge in [-0.1, -0.05) is 6.92 Å². The van der Waals surface area contributed by atoms with Crippen LogP contribution in [-0.4, -0.2) is 31.0 Å². The van der Waals surface area contributed by atoms with Crippen molar-refractivity contribution in [3.05, 3.63) is 0 Å². The van der Waals surface area contributed by atoms with E-state index in [0.29, 0.717) is 13.0 Å². The summed E-state index contributed by atoms with van der Waals surface area (Å²) < 4.78 is 13.3. The summed E-state index contributed by atoms with van der Waals surface area (Å²) in [5.41, 5.74) is 0. The van der Waals surface area contributed by atoms with Crippen LogP contribution in [0.2, 0.25) is 0 Å². The van der Waals surface area contributed by atoms with Crippen LogP contribution in [-0.2, 0) is 0 Å². The largest absolute Gasteiger partial charge is 0.396 e. The molecule has 1 heterocycles. The van der Waals surface area contributed by atoms with Crippen molar-refractivity contribution in [2.24, 2.45) is 11.8 Å². The second kappa shape index (κ2) is 4.02. The van der Waals surface area contributed by atoms with Gasteiger partial charge in [0.25, 0.3) is 0 Å². The predicted molar refractivity (Wildman–Crippen MR) is 42.1 cm³/mol. The van der Waals surface area contributed by atoms with Crippen molar-refractivity contribution in [1.82, 2.24) is 5.32 Å². The molecular weight excluding hydrogens is 145 g/mol. The van der Waals surface area contributed by atoms with Crippen molar-refractivity contribution in [3.8, 4) is 0 Å². The van der Waals surface area contributed by atoms with Gasteiger partial charge in [0, 0.05) is 31.5 Å². The van der Waals surface area contributed by atoms with Gasteiger partial charge in [0.05, 0.1) is 0 Å². The minimum absolute atomic E-state index is 0.0174. The molecule has 2 N–H and O–H groups in total. The molecule has 1 fully saturated rings. The second-order valence-electron chi connectivity index (χ2n) is 3.35. The van der Waals surface area contributed by atoms with Gasteiger partial charge in [0.2, 0.25) is 0 Å². The molecule has 0 aliphatic carbocycles. The van der Waals surface area contributed by atoms with Gasteiger partial charge in [-0.15, -0.1) is 0 Å². The molecule has 0 radical (unpaired) electrons. The predicted octanol–water partition coefficient (Wildman–Crippen LogP) is 0.562. The molecule has 1 saturated heterocycles. The van der Waals surface area contributed by atoms with Crippen LogP contribution in [0.5, 0.6) is 0 Å². The Kier molecular flexibility index (Phi) is 3.27. The summed E-state index contributed by atoms with van der Waals surface area (Å²) in [6.07, 6.45) is -0.151. The molecule has 1 aliphatic rings. The van der Waals surface area contributed by atoms with E-state index < -0.39 is 6.17 Å². The van der Waals surface area contributed by atoms with Crippen LogP contribution in [0.4, 0.5) is 4.39 Å². The molecular formula is C8H16FNO. The van der Waals surface area contributed by atoms with E-state index in [0.717, 1.165) is 6.54 Å². The minimum Gasteiger partial charge on any atom is -0.396 e. The summed E-state index contributed by atoms with van der Waals surface area (Å²) in [4.78, 5) is 0. The van der Waals surface area contributed by atoms with Gasteiger partial charge in [-0.3, -0.25) is 0 Å². The van der Waals surface area contributed by atoms with Gasteiger partial charge in [0.1, 0.15) is 6.17 Å². The number of aliphatic hydroxyl groups is 1. The fourth-order valence-corrected chi connectivity index (χ4v) is 1.61. The lowest BCUT2D eigenvalue weighted by atomic mass is 9.88. The molecule has 0 amide bonds. The number of nitrogens with one attached hydrogen (secondary N) is 1. The number of piperidine rings is 1. The Morgan fingerprint density at radius 1 is 1.55 bits per heavy atom. The molecule has 11 heavy (non-hydrogen) atoms. The van der Waals surface area contributed by atoms with E-state index in [2.05, 4.69) is 5.32 Å². The first-order valence-electron chi connectivity index (χ1n) is 4.21. The lowest BCUT2D eigenvalue weighted by Crippen LogP contribution is -2.44. The Balaban J connectivity index is 2.38. The van der Waals surface area contributed by atoms with Crippen molar-refractivity contribution in [3.63, 3.8) is 0 Å². The first-order chi connectivity index (χ1) is 5.25. The van der Waals surface area contributed by atoms with E-state index in [1.165, 1.54) is 0 Å². The molecule has 0 bridgehead atoms. The molecule has 1 aliphatic heterocycles. The number of rotatable bonds is 2. The quantitative estimate of drug-likeness (QED) is 0.620. The van der Waals surface area contributed by atoms with Crippen molar-refractivity contribution in [2.45, 2.75) is 19.5 Å². The standard InChI is InChI=1S/C8H16FNO/c1-6-4-10-5-7(2-3-11)8(6)9/h6-8,10-11H,2-5H2,1H3/t6-,7+,8+/m0/s1. The number of hydrogen-bond acceptors (Lipinski definition) is 2. The second-order valence-corrected chi connectivity index (χ2v) is 3.35. The van der Waals surface area contributed by atoms with Crippen molar-refractivity contribution in [2.75, 3.05) is 19.7 Å². The molecule has 0 unspecified atom stereocenters. The Bertz CT molecular complexity index is 119. The van der Waals surface area contributed by atoms with Gasteiger partial charge >= 0.3 is 0 Å². The zero-order valence-electron chi connectivity index (χ0n) is 6.89. The third-order valence-corrected chi connectivity index (χ3v) is 2.37. The highest BCUT2D eigenvalue weighted by Gasteiger charge is 2.29. The van der Waals surface area contributed by atoms with Crippen molar-refractivity contribution in [1.29, 1.82) is 0 Å².